The van der Waals surface area contributed by atoms with Crippen LogP contribution in [-0.2, 0) is 9.53 Å². The highest BCUT2D eigenvalue weighted by atomic mass is 19.2. The van der Waals surface area contributed by atoms with Crippen molar-refractivity contribution in [3.05, 3.63) is 35.4 Å². The van der Waals surface area contributed by atoms with E-state index in [1.807, 2.05) is 0 Å². The summed E-state index contributed by atoms with van der Waals surface area (Å²) < 4.78 is 31.5. The van der Waals surface area contributed by atoms with Gasteiger partial charge in [0.05, 0.1) is 12.7 Å². The Balaban J connectivity index is 1.80. The number of benzene rings is 1. The van der Waals surface area contributed by atoms with E-state index in [0.717, 1.165) is 6.07 Å². The molecule has 1 aromatic carbocycles. The average molecular weight is 299 g/mol. The zero-order valence-corrected chi connectivity index (χ0v) is 11.8. The van der Waals surface area contributed by atoms with Crippen molar-refractivity contribution in [1.29, 1.82) is 0 Å². The van der Waals surface area contributed by atoms with Gasteiger partial charge in [-0.05, 0) is 30.4 Å². The van der Waals surface area contributed by atoms with E-state index in [9.17, 15) is 18.7 Å². The number of aliphatic hydroxyl groups excluding tert-OH is 1. The molecule has 1 amide bonds. The standard InChI is InChI=1S/C15H19F2NO3/c1-21-8-9(19)5-6-18-15(20)12-7-11(12)10-3-2-4-13(16)14(10)17/h2-4,9,11-12,19H,5-8H2,1H3,(H,18,20). The van der Waals surface area contributed by atoms with Gasteiger partial charge in [0.2, 0.25) is 5.91 Å². The number of ether oxygens (including phenoxy) is 1. The number of aliphatic hydroxyl groups is 1. The second kappa shape index (κ2) is 6.95. The molecule has 1 aliphatic carbocycles. The molecule has 116 valence electrons. The van der Waals surface area contributed by atoms with Gasteiger partial charge in [-0.3, -0.25) is 4.79 Å². The van der Waals surface area contributed by atoms with Crippen molar-refractivity contribution in [2.75, 3.05) is 20.3 Å². The molecule has 0 bridgehead atoms. The number of amides is 1. The van der Waals surface area contributed by atoms with Crippen molar-refractivity contribution in [2.24, 2.45) is 5.92 Å². The van der Waals surface area contributed by atoms with Gasteiger partial charge in [-0.2, -0.15) is 0 Å². The first-order chi connectivity index (χ1) is 10.0. The van der Waals surface area contributed by atoms with Gasteiger partial charge < -0.3 is 15.2 Å². The van der Waals surface area contributed by atoms with E-state index < -0.39 is 17.7 Å². The summed E-state index contributed by atoms with van der Waals surface area (Å²) in [7, 11) is 1.49. The molecule has 21 heavy (non-hydrogen) atoms. The van der Waals surface area contributed by atoms with Crippen LogP contribution in [0.1, 0.15) is 24.3 Å². The molecule has 0 aliphatic heterocycles. The predicted octanol–water partition coefficient (Wildman–Crippen LogP) is 1.58. The van der Waals surface area contributed by atoms with E-state index in [0.29, 0.717) is 19.4 Å². The van der Waals surface area contributed by atoms with Crippen LogP contribution in [0.4, 0.5) is 8.78 Å². The third-order valence-corrected chi connectivity index (χ3v) is 3.64. The Hall–Kier alpha value is -1.53. The van der Waals surface area contributed by atoms with Gasteiger partial charge in [0.15, 0.2) is 11.6 Å². The number of nitrogens with one attached hydrogen (secondary N) is 1. The first-order valence-electron chi connectivity index (χ1n) is 6.93. The summed E-state index contributed by atoms with van der Waals surface area (Å²) in [6, 6.07) is 4.02. The van der Waals surface area contributed by atoms with Crippen LogP contribution >= 0.6 is 0 Å². The number of hydrogen-bond donors (Lipinski definition) is 2. The molecule has 3 atom stereocenters. The summed E-state index contributed by atoms with van der Waals surface area (Å²) in [4.78, 5) is 11.9. The van der Waals surface area contributed by atoms with Gasteiger partial charge in [0, 0.05) is 19.6 Å². The fourth-order valence-corrected chi connectivity index (χ4v) is 2.40. The molecular formula is C15H19F2NO3. The minimum Gasteiger partial charge on any atom is -0.391 e. The molecule has 0 spiro atoms. The van der Waals surface area contributed by atoms with Crippen LogP contribution in [-0.4, -0.2) is 37.4 Å². The molecular weight excluding hydrogens is 280 g/mol. The van der Waals surface area contributed by atoms with Crippen molar-refractivity contribution in [1.82, 2.24) is 5.32 Å². The number of halogens is 2. The molecule has 0 heterocycles. The zero-order valence-electron chi connectivity index (χ0n) is 11.8. The van der Waals surface area contributed by atoms with Gasteiger partial charge in [-0.15, -0.1) is 0 Å². The molecule has 1 aliphatic rings. The summed E-state index contributed by atoms with van der Waals surface area (Å²) in [6.45, 7) is 0.550. The minimum atomic E-state index is -0.888. The third kappa shape index (κ3) is 3.98. The molecule has 0 radical (unpaired) electrons. The monoisotopic (exact) mass is 299 g/mol. The maximum Gasteiger partial charge on any atom is 0.223 e. The van der Waals surface area contributed by atoms with Crippen molar-refractivity contribution in [2.45, 2.75) is 24.9 Å². The lowest BCUT2D eigenvalue weighted by molar-refractivity contribution is -0.122. The van der Waals surface area contributed by atoms with E-state index in [-0.39, 0.29) is 29.9 Å². The van der Waals surface area contributed by atoms with E-state index in [2.05, 4.69) is 5.32 Å². The van der Waals surface area contributed by atoms with Crippen LogP contribution in [0.5, 0.6) is 0 Å². The number of carbonyl (C=O) groups is 1. The summed E-state index contributed by atoms with van der Waals surface area (Å²) in [5, 5.41) is 12.1. The fourth-order valence-electron chi connectivity index (χ4n) is 2.40. The highest BCUT2D eigenvalue weighted by Crippen LogP contribution is 2.48. The Morgan fingerprint density at radius 2 is 2.29 bits per heavy atom. The van der Waals surface area contributed by atoms with Gasteiger partial charge in [0.1, 0.15) is 0 Å². The maximum atomic E-state index is 13.6. The minimum absolute atomic E-state index is 0.187. The predicted molar refractivity (Wildman–Crippen MR) is 72.7 cm³/mol. The summed E-state index contributed by atoms with van der Waals surface area (Å²) in [5.41, 5.74) is 0.259. The van der Waals surface area contributed by atoms with Crippen LogP contribution in [0, 0.1) is 17.6 Å². The maximum absolute atomic E-state index is 13.6. The Bertz CT molecular complexity index is 510. The topological polar surface area (TPSA) is 58.6 Å². The van der Waals surface area contributed by atoms with E-state index in [1.54, 1.807) is 0 Å². The molecule has 4 nitrogen and oxygen atoms in total. The molecule has 3 unspecified atom stereocenters. The van der Waals surface area contributed by atoms with Crippen LogP contribution in [0.15, 0.2) is 18.2 Å². The third-order valence-electron chi connectivity index (χ3n) is 3.64. The van der Waals surface area contributed by atoms with Crippen LogP contribution in [0.3, 0.4) is 0 Å². The SMILES string of the molecule is COCC(O)CCNC(=O)C1CC1c1cccc(F)c1F. The number of methoxy groups -OCH3 is 1. The van der Waals surface area contributed by atoms with Crippen molar-refractivity contribution in [3.8, 4) is 0 Å². The Morgan fingerprint density at radius 1 is 1.52 bits per heavy atom. The van der Waals surface area contributed by atoms with Crippen LogP contribution in [0.2, 0.25) is 0 Å². The second-order valence-corrected chi connectivity index (χ2v) is 5.28. The molecule has 1 aromatic rings. The first-order valence-corrected chi connectivity index (χ1v) is 6.93. The quantitative estimate of drug-likeness (QED) is 0.804. The normalized spacial score (nSPS) is 21.9. The number of rotatable bonds is 7. The highest BCUT2D eigenvalue weighted by Gasteiger charge is 2.45. The average Bonchev–Trinajstić information content (AvgIpc) is 3.22. The molecule has 6 heteroatoms. The lowest BCUT2D eigenvalue weighted by Gasteiger charge is -2.10. The van der Waals surface area contributed by atoms with E-state index >= 15 is 0 Å². The van der Waals surface area contributed by atoms with Crippen molar-refractivity contribution >= 4 is 5.91 Å². The van der Waals surface area contributed by atoms with E-state index in [1.165, 1.54) is 19.2 Å². The lowest BCUT2D eigenvalue weighted by atomic mass is 10.1. The van der Waals surface area contributed by atoms with Crippen LogP contribution < -0.4 is 5.32 Å². The first kappa shape index (κ1) is 15.9. The summed E-state index contributed by atoms with van der Waals surface area (Å²) in [6.07, 6.45) is 0.295. The second-order valence-electron chi connectivity index (χ2n) is 5.28. The molecule has 2 rings (SSSR count). The van der Waals surface area contributed by atoms with Gasteiger partial charge in [-0.25, -0.2) is 8.78 Å². The van der Waals surface area contributed by atoms with Crippen LogP contribution in [0.25, 0.3) is 0 Å². The lowest BCUT2D eigenvalue weighted by Crippen LogP contribution is -2.29. The number of hydrogen-bond acceptors (Lipinski definition) is 3. The number of carbonyl (C=O) groups excluding carboxylic acids is 1. The van der Waals surface area contributed by atoms with Crippen molar-refractivity contribution in [3.63, 3.8) is 0 Å². The molecule has 2 N–H and O–H groups in total. The summed E-state index contributed by atoms with van der Waals surface area (Å²) >= 11 is 0. The largest absolute Gasteiger partial charge is 0.391 e. The Labute approximate surface area is 122 Å². The molecule has 0 saturated heterocycles. The molecule has 1 saturated carbocycles. The van der Waals surface area contributed by atoms with Gasteiger partial charge >= 0.3 is 0 Å². The smallest absolute Gasteiger partial charge is 0.223 e. The highest BCUT2D eigenvalue weighted by molar-refractivity contribution is 5.82. The van der Waals surface area contributed by atoms with Gasteiger partial charge in [-0.1, -0.05) is 12.1 Å². The van der Waals surface area contributed by atoms with Crippen molar-refractivity contribution < 1.29 is 23.4 Å². The zero-order chi connectivity index (χ0) is 15.4. The van der Waals surface area contributed by atoms with Gasteiger partial charge in [0.25, 0.3) is 0 Å². The Kier molecular flexibility index (Phi) is 5.25. The van der Waals surface area contributed by atoms with E-state index in [4.69, 9.17) is 4.74 Å². The fraction of sp³-hybridized carbons (Fsp3) is 0.533. The molecule has 1 fully saturated rings. The summed E-state index contributed by atoms with van der Waals surface area (Å²) in [5.74, 6) is -2.52. The Morgan fingerprint density at radius 3 is 3.00 bits per heavy atom. The molecule has 0 aromatic heterocycles.